The van der Waals surface area contributed by atoms with Crippen molar-refractivity contribution in [2.45, 2.75) is 12.5 Å². The van der Waals surface area contributed by atoms with E-state index in [-0.39, 0.29) is 18.3 Å². The maximum atomic E-state index is 13.4. The second-order valence-electron chi connectivity index (χ2n) is 6.12. The first-order chi connectivity index (χ1) is 11.6. The van der Waals surface area contributed by atoms with Crippen LogP contribution in [-0.4, -0.2) is 37.2 Å². The highest BCUT2D eigenvalue weighted by atomic mass is 16.6. The standard InChI is InChI=1S/C19H21NO4/c1-24-17-9-7-16(8-10-17)20(23)13-15(11-12-21)18(20)19(22)14-5-3-2-4-6-14/h2-10,15,18,21H,11-13H2,1H3/t15-,18-,20-/m1/s1. The Labute approximate surface area is 141 Å². The molecular weight excluding hydrogens is 306 g/mol. The third-order valence-electron chi connectivity index (χ3n) is 4.74. The van der Waals surface area contributed by atoms with Crippen molar-refractivity contribution in [1.29, 1.82) is 0 Å². The predicted molar refractivity (Wildman–Crippen MR) is 92.8 cm³/mol. The van der Waals surface area contributed by atoms with Crippen LogP contribution in [0.4, 0.5) is 5.69 Å². The molecule has 1 N–H and O–H groups in total. The van der Waals surface area contributed by atoms with Crippen molar-refractivity contribution < 1.29 is 14.6 Å². The molecule has 0 radical (unpaired) electrons. The van der Waals surface area contributed by atoms with Gasteiger partial charge in [0.15, 0.2) is 6.04 Å². The summed E-state index contributed by atoms with van der Waals surface area (Å²) in [7, 11) is 1.57. The van der Waals surface area contributed by atoms with E-state index in [0.29, 0.717) is 30.0 Å². The van der Waals surface area contributed by atoms with E-state index in [1.165, 1.54) is 0 Å². The van der Waals surface area contributed by atoms with Crippen LogP contribution in [0.2, 0.25) is 0 Å². The van der Waals surface area contributed by atoms with Crippen LogP contribution < -0.4 is 9.38 Å². The molecule has 5 heteroatoms. The molecule has 0 saturated carbocycles. The molecule has 126 valence electrons. The molecule has 1 aliphatic rings. The number of Topliss-reactive ketones (excluding diaryl/α,β-unsaturated/α-hetero) is 1. The zero-order valence-corrected chi connectivity index (χ0v) is 13.6. The summed E-state index contributed by atoms with van der Waals surface area (Å²) in [6, 6.07) is 15.1. The van der Waals surface area contributed by atoms with Gasteiger partial charge in [-0.2, -0.15) is 0 Å². The van der Waals surface area contributed by atoms with Crippen LogP contribution in [0.25, 0.3) is 0 Å². The molecule has 0 spiro atoms. The van der Waals surface area contributed by atoms with Gasteiger partial charge in [-0.1, -0.05) is 30.3 Å². The number of carbonyl (C=O) groups excluding carboxylic acids is 1. The van der Waals surface area contributed by atoms with Crippen LogP contribution >= 0.6 is 0 Å². The average molecular weight is 327 g/mol. The maximum absolute atomic E-state index is 13.4. The molecule has 1 heterocycles. The van der Waals surface area contributed by atoms with Crippen molar-refractivity contribution in [2.24, 2.45) is 5.92 Å². The lowest BCUT2D eigenvalue weighted by Crippen LogP contribution is -2.72. The molecule has 3 atom stereocenters. The van der Waals surface area contributed by atoms with Gasteiger partial charge in [-0.25, -0.2) is 0 Å². The van der Waals surface area contributed by atoms with Gasteiger partial charge < -0.3 is 19.7 Å². The van der Waals surface area contributed by atoms with E-state index in [1.807, 2.05) is 6.07 Å². The third kappa shape index (κ3) is 2.82. The monoisotopic (exact) mass is 327 g/mol. The largest absolute Gasteiger partial charge is 0.627 e. The topological polar surface area (TPSA) is 69.6 Å². The van der Waals surface area contributed by atoms with Crippen LogP contribution in [0.15, 0.2) is 54.6 Å². The fourth-order valence-corrected chi connectivity index (χ4v) is 3.46. The SMILES string of the molecule is COc1ccc([N@+]2([O-])C[C@@H](CCO)[C@@H]2C(=O)c2ccccc2)cc1. The molecule has 1 saturated heterocycles. The quantitative estimate of drug-likeness (QED) is 0.503. The van der Waals surface area contributed by atoms with Gasteiger partial charge in [0, 0.05) is 24.3 Å². The summed E-state index contributed by atoms with van der Waals surface area (Å²) in [5, 5.41) is 22.6. The summed E-state index contributed by atoms with van der Waals surface area (Å²) >= 11 is 0. The van der Waals surface area contributed by atoms with Gasteiger partial charge in [0.05, 0.1) is 19.6 Å². The number of aliphatic hydroxyl groups is 1. The fraction of sp³-hybridized carbons (Fsp3) is 0.316. The molecular formula is C19H21NO4. The Balaban J connectivity index is 1.92. The van der Waals surface area contributed by atoms with Gasteiger partial charge in [-0.05, 0) is 18.6 Å². The van der Waals surface area contributed by atoms with E-state index >= 15 is 0 Å². The molecule has 0 unspecified atom stereocenters. The minimum atomic E-state index is -0.715. The first-order valence-corrected chi connectivity index (χ1v) is 8.03. The van der Waals surface area contributed by atoms with E-state index in [1.54, 1.807) is 55.6 Å². The highest BCUT2D eigenvalue weighted by molar-refractivity contribution is 6.02. The van der Waals surface area contributed by atoms with E-state index in [9.17, 15) is 15.1 Å². The Hall–Kier alpha value is -2.21. The Morgan fingerprint density at radius 1 is 1.21 bits per heavy atom. The van der Waals surface area contributed by atoms with Crippen molar-refractivity contribution in [3.05, 3.63) is 65.4 Å². The lowest BCUT2D eigenvalue weighted by Gasteiger charge is -2.59. The highest BCUT2D eigenvalue weighted by Crippen LogP contribution is 2.42. The Morgan fingerprint density at radius 3 is 2.46 bits per heavy atom. The number of quaternary nitrogens is 1. The minimum Gasteiger partial charge on any atom is -0.627 e. The summed E-state index contributed by atoms with van der Waals surface area (Å²) in [6.45, 7) is 0.280. The molecule has 0 aliphatic carbocycles. The molecule has 0 bridgehead atoms. The van der Waals surface area contributed by atoms with Gasteiger partial charge in [0.25, 0.3) is 0 Å². The second kappa shape index (κ2) is 6.73. The van der Waals surface area contributed by atoms with Crippen LogP contribution in [0.1, 0.15) is 16.8 Å². The zero-order chi connectivity index (χ0) is 17.2. The van der Waals surface area contributed by atoms with E-state index < -0.39 is 10.7 Å². The first kappa shape index (κ1) is 16.6. The zero-order valence-electron chi connectivity index (χ0n) is 13.6. The number of ketones is 1. The van der Waals surface area contributed by atoms with Crippen LogP contribution in [0.5, 0.6) is 5.75 Å². The molecule has 1 aliphatic heterocycles. The molecule has 24 heavy (non-hydrogen) atoms. The minimum absolute atomic E-state index is 0.0220. The number of hydroxylamine groups is 2. The number of hydrogen-bond donors (Lipinski definition) is 1. The maximum Gasteiger partial charge on any atom is 0.221 e. The average Bonchev–Trinajstić information content (AvgIpc) is 2.62. The number of benzene rings is 2. The highest BCUT2D eigenvalue weighted by Gasteiger charge is 2.54. The number of ether oxygens (including phenoxy) is 1. The molecule has 5 nitrogen and oxygen atoms in total. The van der Waals surface area contributed by atoms with Crippen molar-refractivity contribution in [3.8, 4) is 5.75 Å². The molecule has 3 rings (SSSR count). The lowest BCUT2D eigenvalue weighted by atomic mass is 9.80. The summed E-state index contributed by atoms with van der Waals surface area (Å²) < 4.78 is 4.45. The summed E-state index contributed by atoms with van der Waals surface area (Å²) in [5.74, 6) is 0.400. The van der Waals surface area contributed by atoms with Crippen LogP contribution in [0.3, 0.4) is 0 Å². The van der Waals surface area contributed by atoms with E-state index in [2.05, 4.69) is 0 Å². The summed E-state index contributed by atoms with van der Waals surface area (Å²) in [4.78, 5) is 12.9. The number of methoxy groups -OCH3 is 1. The Bertz CT molecular complexity index is 701. The normalized spacial score (nSPS) is 25.8. The lowest BCUT2D eigenvalue weighted by molar-refractivity contribution is 0.0396. The third-order valence-corrected chi connectivity index (χ3v) is 4.74. The van der Waals surface area contributed by atoms with Gasteiger partial charge in [0.2, 0.25) is 5.78 Å². The van der Waals surface area contributed by atoms with Gasteiger partial charge in [0.1, 0.15) is 11.4 Å². The second-order valence-corrected chi connectivity index (χ2v) is 6.12. The number of aliphatic hydroxyl groups excluding tert-OH is 1. The van der Waals surface area contributed by atoms with Gasteiger partial charge in [-0.15, -0.1) is 0 Å². The predicted octanol–water partition coefficient (Wildman–Crippen LogP) is 2.76. The van der Waals surface area contributed by atoms with Crippen molar-refractivity contribution in [1.82, 2.24) is 4.65 Å². The van der Waals surface area contributed by atoms with Crippen LogP contribution in [-0.2, 0) is 0 Å². The molecule has 2 aromatic carbocycles. The fourth-order valence-electron chi connectivity index (χ4n) is 3.46. The molecule has 0 amide bonds. The Kier molecular flexibility index (Phi) is 4.66. The molecule has 2 aromatic rings. The summed E-state index contributed by atoms with van der Waals surface area (Å²) in [5.41, 5.74) is 1.08. The van der Waals surface area contributed by atoms with E-state index in [4.69, 9.17) is 4.74 Å². The van der Waals surface area contributed by atoms with Crippen molar-refractivity contribution >= 4 is 11.5 Å². The number of hydrogen-bond acceptors (Lipinski definition) is 4. The van der Waals surface area contributed by atoms with E-state index in [0.717, 1.165) is 0 Å². The number of nitrogens with zero attached hydrogens (tertiary/aromatic N) is 1. The molecule has 0 aromatic heterocycles. The molecule has 1 fully saturated rings. The van der Waals surface area contributed by atoms with Gasteiger partial charge >= 0.3 is 0 Å². The smallest absolute Gasteiger partial charge is 0.221 e. The van der Waals surface area contributed by atoms with Crippen molar-refractivity contribution in [2.75, 3.05) is 20.3 Å². The van der Waals surface area contributed by atoms with Crippen LogP contribution in [0, 0.1) is 11.1 Å². The number of carbonyl (C=O) groups is 1. The van der Waals surface area contributed by atoms with Gasteiger partial charge in [-0.3, -0.25) is 4.79 Å². The summed E-state index contributed by atoms with van der Waals surface area (Å²) in [6.07, 6.45) is 0.460. The van der Waals surface area contributed by atoms with Crippen molar-refractivity contribution in [3.63, 3.8) is 0 Å². The Morgan fingerprint density at radius 2 is 1.88 bits per heavy atom. The first-order valence-electron chi connectivity index (χ1n) is 8.03. The number of rotatable bonds is 6.